The van der Waals surface area contributed by atoms with Crippen molar-refractivity contribution in [1.29, 1.82) is 0 Å². The van der Waals surface area contributed by atoms with Crippen molar-refractivity contribution in [2.75, 3.05) is 5.43 Å². The Morgan fingerprint density at radius 3 is 2.40 bits per heavy atom. The Morgan fingerprint density at radius 1 is 1.40 bits per heavy atom. The lowest BCUT2D eigenvalue weighted by Gasteiger charge is -2.06. The summed E-state index contributed by atoms with van der Waals surface area (Å²) < 4.78 is 46.3. The van der Waals surface area contributed by atoms with E-state index < -0.39 is 20.5 Å². The van der Waals surface area contributed by atoms with Crippen molar-refractivity contribution in [2.45, 2.75) is 10.7 Å². The summed E-state index contributed by atoms with van der Waals surface area (Å²) in [6.45, 7) is 0. The summed E-state index contributed by atoms with van der Waals surface area (Å²) in [5.41, 5.74) is 2.44. The van der Waals surface area contributed by atoms with E-state index in [0.717, 1.165) is 12.1 Å². The second-order valence-corrected chi connectivity index (χ2v) is 4.92. The summed E-state index contributed by atoms with van der Waals surface area (Å²) >= 11 is 5.59. The Morgan fingerprint density at radius 2 is 2.00 bits per heavy atom. The number of sulfone groups is 1. The molecule has 0 unspecified atom stereocenters. The molecule has 1 aromatic rings. The van der Waals surface area contributed by atoms with E-state index >= 15 is 0 Å². The fourth-order valence-electron chi connectivity index (χ4n) is 0.893. The molecule has 0 atom stereocenters. The number of hydrazine groups is 1. The normalized spacial score (nSPS) is 11.8. The standard InChI is InChI=1S/C7H7ClF2N2O2S/c8-5-3-4(1-2-6(5)12-11)15(13,14)7(9)10/h1-3,7,12H,11H2. The zero-order chi connectivity index (χ0) is 11.6. The van der Waals surface area contributed by atoms with E-state index in [-0.39, 0.29) is 10.7 Å². The van der Waals surface area contributed by atoms with Gasteiger partial charge >= 0.3 is 5.76 Å². The number of hydrogen-bond donors (Lipinski definition) is 2. The van der Waals surface area contributed by atoms with Gasteiger partial charge in [0.15, 0.2) is 0 Å². The first kappa shape index (κ1) is 12.2. The fraction of sp³-hybridized carbons (Fsp3) is 0.143. The lowest BCUT2D eigenvalue weighted by Crippen LogP contribution is -2.12. The van der Waals surface area contributed by atoms with Gasteiger partial charge in [-0.15, -0.1) is 0 Å². The van der Waals surface area contributed by atoms with Gasteiger partial charge < -0.3 is 5.43 Å². The second kappa shape index (κ2) is 4.30. The Bertz CT molecular complexity index is 464. The van der Waals surface area contributed by atoms with Gasteiger partial charge in [-0.05, 0) is 18.2 Å². The van der Waals surface area contributed by atoms with Crippen LogP contribution in [0.2, 0.25) is 5.02 Å². The number of nitrogens with one attached hydrogen (secondary N) is 1. The maximum Gasteiger partial charge on any atom is 0.341 e. The molecule has 0 saturated carbocycles. The first-order valence-corrected chi connectivity index (χ1v) is 5.60. The van der Waals surface area contributed by atoms with Crippen LogP contribution in [0.4, 0.5) is 14.5 Å². The molecule has 0 saturated heterocycles. The minimum atomic E-state index is -4.61. The van der Waals surface area contributed by atoms with Crippen LogP contribution in [0.3, 0.4) is 0 Å². The molecule has 0 aliphatic rings. The maximum absolute atomic E-state index is 12.1. The lowest BCUT2D eigenvalue weighted by molar-refractivity contribution is 0.234. The Kier molecular flexibility index (Phi) is 3.48. The van der Waals surface area contributed by atoms with Crippen LogP contribution in [0.25, 0.3) is 0 Å². The molecule has 0 fully saturated rings. The number of hydrogen-bond acceptors (Lipinski definition) is 4. The first-order chi connectivity index (χ1) is 6.89. The average Bonchev–Trinajstić information content (AvgIpc) is 2.17. The number of nitrogens with two attached hydrogens (primary N) is 1. The smallest absolute Gasteiger partial charge is 0.323 e. The van der Waals surface area contributed by atoms with Gasteiger partial charge in [0.25, 0.3) is 0 Å². The van der Waals surface area contributed by atoms with Crippen molar-refractivity contribution in [3.8, 4) is 0 Å². The molecule has 0 aliphatic heterocycles. The highest BCUT2D eigenvalue weighted by molar-refractivity contribution is 7.91. The summed E-state index contributed by atoms with van der Waals surface area (Å²) in [6, 6.07) is 3.12. The van der Waals surface area contributed by atoms with E-state index in [1.54, 1.807) is 0 Å². The number of alkyl halides is 2. The van der Waals surface area contributed by atoms with Crippen molar-refractivity contribution in [3.05, 3.63) is 23.2 Å². The Balaban J connectivity index is 3.25. The number of halogens is 3. The van der Waals surface area contributed by atoms with E-state index in [9.17, 15) is 17.2 Å². The number of benzene rings is 1. The molecule has 0 spiro atoms. The topological polar surface area (TPSA) is 72.2 Å². The van der Waals surface area contributed by atoms with E-state index in [2.05, 4.69) is 5.43 Å². The van der Waals surface area contributed by atoms with Crippen molar-refractivity contribution >= 4 is 27.1 Å². The highest BCUT2D eigenvalue weighted by Gasteiger charge is 2.26. The molecule has 0 amide bonds. The molecule has 0 heterocycles. The summed E-state index contributed by atoms with van der Waals surface area (Å²) in [4.78, 5) is -0.540. The summed E-state index contributed by atoms with van der Waals surface area (Å²) in [5.74, 6) is 1.57. The third-order valence-electron chi connectivity index (χ3n) is 1.66. The van der Waals surface area contributed by atoms with Gasteiger partial charge in [0.1, 0.15) is 0 Å². The van der Waals surface area contributed by atoms with Crippen LogP contribution in [-0.2, 0) is 9.84 Å². The molecule has 0 aromatic heterocycles. The Labute approximate surface area is 89.9 Å². The highest BCUT2D eigenvalue weighted by atomic mass is 35.5. The largest absolute Gasteiger partial charge is 0.341 e. The molecule has 84 valence electrons. The van der Waals surface area contributed by atoms with Crippen LogP contribution >= 0.6 is 11.6 Å². The molecule has 0 aliphatic carbocycles. The summed E-state index contributed by atoms with van der Waals surface area (Å²) in [5, 5.41) is -0.0424. The molecule has 0 radical (unpaired) electrons. The average molecular weight is 257 g/mol. The number of nitrogen functional groups attached to an aromatic ring is 1. The third kappa shape index (κ3) is 2.36. The van der Waals surface area contributed by atoms with Crippen molar-refractivity contribution in [3.63, 3.8) is 0 Å². The van der Waals surface area contributed by atoms with Crippen LogP contribution in [0.1, 0.15) is 0 Å². The monoisotopic (exact) mass is 256 g/mol. The van der Waals surface area contributed by atoms with E-state index in [1.807, 2.05) is 0 Å². The van der Waals surface area contributed by atoms with Crippen LogP contribution in [-0.4, -0.2) is 14.2 Å². The fourth-order valence-corrected chi connectivity index (χ4v) is 1.94. The van der Waals surface area contributed by atoms with E-state index in [1.165, 1.54) is 6.07 Å². The summed E-state index contributed by atoms with van der Waals surface area (Å²) in [7, 11) is -4.61. The van der Waals surface area contributed by atoms with Gasteiger partial charge in [-0.25, -0.2) is 8.42 Å². The van der Waals surface area contributed by atoms with Gasteiger partial charge in [0, 0.05) is 0 Å². The molecule has 3 N–H and O–H groups in total. The van der Waals surface area contributed by atoms with Gasteiger partial charge in [-0.1, -0.05) is 11.6 Å². The Hall–Kier alpha value is -0.920. The predicted octanol–water partition coefficient (Wildman–Crippen LogP) is 1.62. The first-order valence-electron chi connectivity index (χ1n) is 3.68. The van der Waals surface area contributed by atoms with Crippen LogP contribution in [0.15, 0.2) is 23.1 Å². The van der Waals surface area contributed by atoms with Gasteiger partial charge in [-0.2, -0.15) is 8.78 Å². The van der Waals surface area contributed by atoms with Crippen LogP contribution in [0.5, 0.6) is 0 Å². The number of rotatable bonds is 3. The van der Waals surface area contributed by atoms with Gasteiger partial charge in [0.05, 0.1) is 15.6 Å². The predicted molar refractivity (Wildman–Crippen MR) is 52.5 cm³/mol. The minimum Gasteiger partial charge on any atom is -0.323 e. The van der Waals surface area contributed by atoms with Crippen molar-refractivity contribution < 1.29 is 17.2 Å². The highest BCUT2D eigenvalue weighted by Crippen LogP contribution is 2.26. The minimum absolute atomic E-state index is 0.0424. The van der Waals surface area contributed by atoms with Crippen LogP contribution in [0, 0.1) is 0 Å². The third-order valence-corrected chi connectivity index (χ3v) is 3.35. The maximum atomic E-state index is 12.1. The molecule has 0 bridgehead atoms. The molecular weight excluding hydrogens is 250 g/mol. The SMILES string of the molecule is NNc1ccc(S(=O)(=O)C(F)F)cc1Cl. The number of anilines is 1. The molecule has 15 heavy (non-hydrogen) atoms. The lowest BCUT2D eigenvalue weighted by atomic mass is 10.3. The van der Waals surface area contributed by atoms with Crippen molar-refractivity contribution in [2.24, 2.45) is 5.84 Å². The van der Waals surface area contributed by atoms with E-state index in [0.29, 0.717) is 0 Å². The summed E-state index contributed by atoms with van der Waals surface area (Å²) in [6.07, 6.45) is 0. The van der Waals surface area contributed by atoms with Crippen LogP contribution < -0.4 is 11.3 Å². The van der Waals surface area contributed by atoms with E-state index in [4.69, 9.17) is 17.4 Å². The second-order valence-electron chi connectivity index (χ2n) is 2.59. The van der Waals surface area contributed by atoms with Crippen molar-refractivity contribution in [1.82, 2.24) is 0 Å². The molecule has 1 rings (SSSR count). The molecule has 4 nitrogen and oxygen atoms in total. The molecular formula is C7H7ClF2N2O2S. The van der Waals surface area contributed by atoms with Gasteiger partial charge in [-0.3, -0.25) is 5.84 Å². The molecule has 8 heteroatoms. The quantitative estimate of drug-likeness (QED) is 0.637. The molecule has 1 aromatic carbocycles. The zero-order valence-electron chi connectivity index (χ0n) is 7.25. The zero-order valence-corrected chi connectivity index (χ0v) is 8.82. The van der Waals surface area contributed by atoms with Gasteiger partial charge in [0.2, 0.25) is 9.84 Å².